The third kappa shape index (κ3) is 3.77. The standard InChI is InChI=1S/C17H17N5O3/c18-10-13-4-1-2-5-14(13)11-22-15(12-25-17(22)24)16(23)19-7-9-21-8-3-6-20-21/h1-6,8,15H,7,9,11-12H2,(H,19,23)/t15-/m0/s1. The topological polar surface area (TPSA) is 100 Å². The summed E-state index contributed by atoms with van der Waals surface area (Å²) in [5.74, 6) is -0.285. The van der Waals surface area contributed by atoms with Gasteiger partial charge in [-0.25, -0.2) is 4.79 Å². The van der Waals surface area contributed by atoms with Gasteiger partial charge in [0.05, 0.1) is 24.7 Å². The summed E-state index contributed by atoms with van der Waals surface area (Å²) in [7, 11) is 0. The van der Waals surface area contributed by atoms with E-state index in [0.717, 1.165) is 0 Å². The number of hydrogen-bond donors (Lipinski definition) is 1. The lowest BCUT2D eigenvalue weighted by atomic mass is 10.1. The monoisotopic (exact) mass is 339 g/mol. The van der Waals surface area contributed by atoms with E-state index in [9.17, 15) is 9.59 Å². The quantitative estimate of drug-likeness (QED) is 0.842. The van der Waals surface area contributed by atoms with Crippen molar-refractivity contribution in [2.75, 3.05) is 13.2 Å². The normalized spacial score (nSPS) is 16.4. The highest BCUT2D eigenvalue weighted by atomic mass is 16.6. The molecule has 0 unspecified atom stereocenters. The molecule has 8 heteroatoms. The van der Waals surface area contributed by atoms with Crippen molar-refractivity contribution in [3.63, 3.8) is 0 Å². The lowest BCUT2D eigenvalue weighted by Gasteiger charge is -2.21. The number of nitrogens with zero attached hydrogens (tertiary/aromatic N) is 4. The molecule has 1 N–H and O–H groups in total. The van der Waals surface area contributed by atoms with Crippen LogP contribution in [0.4, 0.5) is 4.79 Å². The van der Waals surface area contributed by atoms with Gasteiger partial charge in [0.1, 0.15) is 12.6 Å². The average Bonchev–Trinajstić information content (AvgIpc) is 3.26. The molecule has 0 saturated carbocycles. The van der Waals surface area contributed by atoms with Crippen LogP contribution in [0.3, 0.4) is 0 Å². The van der Waals surface area contributed by atoms with Gasteiger partial charge in [-0.15, -0.1) is 0 Å². The van der Waals surface area contributed by atoms with Crippen LogP contribution in [-0.4, -0.2) is 45.9 Å². The number of nitrogens with one attached hydrogen (secondary N) is 1. The predicted molar refractivity (Wildman–Crippen MR) is 87.1 cm³/mol. The molecule has 25 heavy (non-hydrogen) atoms. The lowest BCUT2D eigenvalue weighted by molar-refractivity contribution is -0.125. The molecule has 1 aromatic heterocycles. The second-order valence-corrected chi connectivity index (χ2v) is 5.55. The van der Waals surface area contributed by atoms with Crippen LogP contribution < -0.4 is 5.32 Å². The average molecular weight is 339 g/mol. The van der Waals surface area contributed by atoms with Crippen LogP contribution in [0.1, 0.15) is 11.1 Å². The molecule has 8 nitrogen and oxygen atoms in total. The number of rotatable bonds is 6. The van der Waals surface area contributed by atoms with Gasteiger partial charge in [0, 0.05) is 18.9 Å². The van der Waals surface area contributed by atoms with Gasteiger partial charge in [-0.1, -0.05) is 18.2 Å². The number of benzene rings is 1. The first-order chi connectivity index (χ1) is 12.2. The molecule has 0 radical (unpaired) electrons. The number of carbonyl (C=O) groups is 2. The minimum atomic E-state index is -0.711. The van der Waals surface area contributed by atoms with Gasteiger partial charge in [0.2, 0.25) is 5.91 Å². The Kier molecular flexibility index (Phi) is 4.95. The van der Waals surface area contributed by atoms with Crippen molar-refractivity contribution in [2.45, 2.75) is 19.1 Å². The molecule has 0 aliphatic carbocycles. The highest BCUT2D eigenvalue weighted by molar-refractivity contribution is 5.87. The van der Waals surface area contributed by atoms with E-state index in [1.807, 2.05) is 0 Å². The van der Waals surface area contributed by atoms with E-state index in [2.05, 4.69) is 16.5 Å². The first-order valence-corrected chi connectivity index (χ1v) is 7.85. The van der Waals surface area contributed by atoms with Crippen molar-refractivity contribution < 1.29 is 14.3 Å². The van der Waals surface area contributed by atoms with E-state index in [1.54, 1.807) is 47.4 Å². The van der Waals surface area contributed by atoms with Crippen LogP contribution in [0.25, 0.3) is 0 Å². The number of aromatic nitrogens is 2. The van der Waals surface area contributed by atoms with Gasteiger partial charge < -0.3 is 10.1 Å². The zero-order valence-electron chi connectivity index (χ0n) is 13.5. The van der Waals surface area contributed by atoms with E-state index in [-0.39, 0.29) is 19.1 Å². The Morgan fingerprint density at radius 1 is 1.40 bits per heavy atom. The van der Waals surface area contributed by atoms with Crippen molar-refractivity contribution in [1.82, 2.24) is 20.0 Å². The van der Waals surface area contributed by atoms with E-state index in [4.69, 9.17) is 10.00 Å². The Morgan fingerprint density at radius 2 is 2.24 bits per heavy atom. The first kappa shape index (κ1) is 16.5. The summed E-state index contributed by atoms with van der Waals surface area (Å²) in [6.45, 7) is 1.09. The number of amides is 2. The molecule has 1 fully saturated rings. The fourth-order valence-electron chi connectivity index (χ4n) is 2.64. The van der Waals surface area contributed by atoms with E-state index in [0.29, 0.717) is 24.2 Å². The van der Waals surface area contributed by atoms with Crippen LogP contribution in [0.2, 0.25) is 0 Å². The molecule has 1 aliphatic heterocycles. The summed E-state index contributed by atoms with van der Waals surface area (Å²) < 4.78 is 6.73. The molecule has 2 amide bonds. The molecule has 1 aliphatic rings. The lowest BCUT2D eigenvalue weighted by Crippen LogP contribution is -2.46. The summed E-state index contributed by atoms with van der Waals surface area (Å²) in [4.78, 5) is 25.7. The Balaban J connectivity index is 1.63. The SMILES string of the molecule is N#Cc1ccccc1CN1C(=O)OC[C@H]1C(=O)NCCn1cccn1. The highest BCUT2D eigenvalue weighted by Crippen LogP contribution is 2.18. The molecular weight excluding hydrogens is 322 g/mol. The summed E-state index contributed by atoms with van der Waals surface area (Å²) in [5.41, 5.74) is 1.15. The zero-order valence-corrected chi connectivity index (χ0v) is 13.5. The number of ether oxygens (including phenoxy) is 1. The highest BCUT2D eigenvalue weighted by Gasteiger charge is 2.38. The Labute approximate surface area is 144 Å². The first-order valence-electron chi connectivity index (χ1n) is 7.85. The van der Waals surface area contributed by atoms with Crippen LogP contribution in [0, 0.1) is 11.3 Å². The van der Waals surface area contributed by atoms with Gasteiger partial charge >= 0.3 is 6.09 Å². The summed E-state index contributed by atoms with van der Waals surface area (Å²) >= 11 is 0. The molecular formula is C17H17N5O3. The molecule has 2 aromatic rings. The van der Waals surface area contributed by atoms with Gasteiger partial charge in [-0.3, -0.25) is 14.4 Å². The zero-order chi connectivity index (χ0) is 17.6. The van der Waals surface area contributed by atoms with Crippen molar-refractivity contribution in [3.05, 3.63) is 53.9 Å². The minimum Gasteiger partial charge on any atom is -0.447 e. The van der Waals surface area contributed by atoms with E-state index >= 15 is 0 Å². The Morgan fingerprint density at radius 3 is 3.00 bits per heavy atom. The number of hydrogen-bond acceptors (Lipinski definition) is 5. The van der Waals surface area contributed by atoms with Crippen molar-refractivity contribution in [1.29, 1.82) is 5.26 Å². The molecule has 128 valence electrons. The molecule has 1 atom stereocenters. The maximum absolute atomic E-state index is 12.4. The molecule has 0 spiro atoms. The summed E-state index contributed by atoms with van der Waals surface area (Å²) in [5, 5.41) is 16.0. The Hall–Kier alpha value is -3.34. The van der Waals surface area contributed by atoms with Gasteiger partial charge in [0.15, 0.2) is 0 Å². The predicted octanol–water partition coefficient (Wildman–Crippen LogP) is 0.892. The molecule has 0 bridgehead atoms. The van der Waals surface area contributed by atoms with Crippen molar-refractivity contribution >= 4 is 12.0 Å². The van der Waals surface area contributed by atoms with Crippen LogP contribution in [0.15, 0.2) is 42.7 Å². The number of cyclic esters (lactones) is 1. The fourth-order valence-corrected chi connectivity index (χ4v) is 2.64. The van der Waals surface area contributed by atoms with Crippen LogP contribution >= 0.6 is 0 Å². The second kappa shape index (κ2) is 7.49. The van der Waals surface area contributed by atoms with Gasteiger partial charge in [-0.05, 0) is 17.7 Å². The Bertz CT molecular complexity index is 797. The maximum atomic E-state index is 12.4. The molecule has 1 aromatic carbocycles. The molecule has 2 heterocycles. The third-order valence-corrected chi connectivity index (χ3v) is 3.96. The maximum Gasteiger partial charge on any atom is 0.410 e. The summed E-state index contributed by atoms with van der Waals surface area (Å²) in [6.07, 6.45) is 2.92. The minimum absolute atomic E-state index is 0.00115. The van der Waals surface area contributed by atoms with Crippen molar-refractivity contribution in [2.24, 2.45) is 0 Å². The van der Waals surface area contributed by atoms with Crippen molar-refractivity contribution in [3.8, 4) is 6.07 Å². The van der Waals surface area contributed by atoms with Crippen LogP contribution in [-0.2, 0) is 22.6 Å². The third-order valence-electron chi connectivity index (χ3n) is 3.96. The second-order valence-electron chi connectivity index (χ2n) is 5.55. The van der Waals surface area contributed by atoms with E-state index in [1.165, 1.54) is 4.90 Å². The van der Waals surface area contributed by atoms with Gasteiger partial charge in [-0.2, -0.15) is 10.4 Å². The smallest absolute Gasteiger partial charge is 0.410 e. The number of nitriles is 1. The van der Waals surface area contributed by atoms with Crippen LogP contribution in [0.5, 0.6) is 0 Å². The number of carbonyl (C=O) groups excluding carboxylic acids is 2. The largest absolute Gasteiger partial charge is 0.447 e. The summed E-state index contributed by atoms with van der Waals surface area (Å²) in [6, 6.07) is 10.2. The van der Waals surface area contributed by atoms with Gasteiger partial charge in [0.25, 0.3) is 0 Å². The molecule has 3 rings (SSSR count). The molecule has 1 saturated heterocycles. The van der Waals surface area contributed by atoms with E-state index < -0.39 is 12.1 Å². The fraction of sp³-hybridized carbons (Fsp3) is 0.294.